The zero-order chi connectivity index (χ0) is 23.4. The first-order valence-corrected chi connectivity index (χ1v) is 11.4. The summed E-state index contributed by atoms with van der Waals surface area (Å²) < 4.78 is 11.1. The molecule has 174 valence electrons. The number of piperazine rings is 1. The minimum atomic E-state index is -0.276. The van der Waals surface area contributed by atoms with Crippen LogP contribution < -0.4 is 9.47 Å². The second kappa shape index (κ2) is 10.1. The van der Waals surface area contributed by atoms with Crippen molar-refractivity contribution in [1.82, 2.24) is 14.7 Å². The minimum Gasteiger partial charge on any atom is -0.496 e. The SMILES string of the molecule is CCCOc1ccc(C2=C(N3CCN(C)CC3)C(=O)N(Cc3ccccc3OC)C2=O)cc1. The van der Waals surface area contributed by atoms with Crippen molar-refractivity contribution in [3.8, 4) is 11.5 Å². The number of methoxy groups -OCH3 is 1. The van der Waals surface area contributed by atoms with Gasteiger partial charge in [-0.05, 0) is 37.2 Å². The van der Waals surface area contributed by atoms with E-state index < -0.39 is 0 Å². The van der Waals surface area contributed by atoms with Crippen molar-refractivity contribution >= 4 is 17.4 Å². The van der Waals surface area contributed by atoms with E-state index in [0.29, 0.717) is 36.7 Å². The van der Waals surface area contributed by atoms with Crippen LogP contribution in [0.4, 0.5) is 0 Å². The van der Waals surface area contributed by atoms with Crippen molar-refractivity contribution in [2.24, 2.45) is 0 Å². The van der Waals surface area contributed by atoms with Crippen LogP contribution in [-0.2, 0) is 16.1 Å². The average molecular weight is 450 g/mol. The van der Waals surface area contributed by atoms with Crippen molar-refractivity contribution in [1.29, 1.82) is 0 Å². The van der Waals surface area contributed by atoms with Gasteiger partial charge in [0.05, 0.1) is 25.8 Å². The Kier molecular flexibility index (Phi) is 6.99. The van der Waals surface area contributed by atoms with Gasteiger partial charge in [0.15, 0.2) is 0 Å². The standard InChI is InChI=1S/C26H31N3O4/c1-4-17-33-21-11-9-19(10-12-21)23-24(28-15-13-27(2)14-16-28)26(31)29(25(23)30)18-20-7-5-6-8-22(20)32-3/h5-12H,4,13-18H2,1-3H3. The van der Waals surface area contributed by atoms with E-state index in [0.717, 1.165) is 36.4 Å². The fraction of sp³-hybridized carbons (Fsp3) is 0.385. The number of ether oxygens (including phenoxy) is 2. The molecular formula is C26H31N3O4. The van der Waals surface area contributed by atoms with Crippen LogP contribution in [0, 0.1) is 0 Å². The fourth-order valence-corrected chi connectivity index (χ4v) is 4.23. The molecule has 0 spiro atoms. The smallest absolute Gasteiger partial charge is 0.278 e. The van der Waals surface area contributed by atoms with Gasteiger partial charge in [-0.3, -0.25) is 14.5 Å². The first-order valence-electron chi connectivity index (χ1n) is 11.4. The van der Waals surface area contributed by atoms with Gasteiger partial charge < -0.3 is 19.3 Å². The minimum absolute atomic E-state index is 0.167. The lowest BCUT2D eigenvalue weighted by atomic mass is 10.0. The van der Waals surface area contributed by atoms with Gasteiger partial charge in [-0.2, -0.15) is 0 Å². The molecule has 1 fully saturated rings. The summed E-state index contributed by atoms with van der Waals surface area (Å²) in [4.78, 5) is 32.9. The zero-order valence-corrected chi connectivity index (χ0v) is 19.5. The van der Waals surface area contributed by atoms with Crippen LogP contribution >= 0.6 is 0 Å². The van der Waals surface area contributed by atoms with E-state index in [2.05, 4.69) is 23.8 Å². The largest absolute Gasteiger partial charge is 0.496 e. The van der Waals surface area contributed by atoms with E-state index >= 15 is 0 Å². The summed E-state index contributed by atoms with van der Waals surface area (Å²) in [7, 11) is 3.66. The van der Waals surface area contributed by atoms with Gasteiger partial charge in [-0.15, -0.1) is 0 Å². The third-order valence-corrected chi connectivity index (χ3v) is 6.10. The maximum Gasteiger partial charge on any atom is 0.278 e. The Hall–Kier alpha value is -3.32. The molecule has 0 saturated carbocycles. The normalized spacial score (nSPS) is 17.2. The zero-order valence-electron chi connectivity index (χ0n) is 19.5. The number of para-hydroxylation sites is 1. The Balaban J connectivity index is 1.69. The van der Waals surface area contributed by atoms with Crippen LogP contribution in [0.15, 0.2) is 54.2 Å². The Bertz CT molecular complexity index is 1040. The van der Waals surface area contributed by atoms with Crippen molar-refractivity contribution in [3.63, 3.8) is 0 Å². The summed E-state index contributed by atoms with van der Waals surface area (Å²) in [6.07, 6.45) is 0.922. The Morgan fingerprint density at radius 1 is 0.909 bits per heavy atom. The van der Waals surface area contributed by atoms with Crippen molar-refractivity contribution in [2.75, 3.05) is 46.9 Å². The van der Waals surface area contributed by atoms with Gasteiger partial charge in [0, 0.05) is 31.7 Å². The van der Waals surface area contributed by atoms with E-state index in [9.17, 15) is 9.59 Å². The van der Waals surface area contributed by atoms with Crippen LogP contribution in [-0.4, -0.2) is 73.5 Å². The number of carbonyl (C=O) groups excluding carboxylic acids is 2. The molecule has 2 aromatic rings. The number of likely N-dealkylation sites (N-methyl/N-ethyl adjacent to an activating group) is 1. The maximum absolute atomic E-state index is 13.6. The van der Waals surface area contributed by atoms with Gasteiger partial charge >= 0.3 is 0 Å². The quantitative estimate of drug-likeness (QED) is 0.578. The molecule has 2 heterocycles. The average Bonchev–Trinajstić information content (AvgIpc) is 3.08. The lowest BCUT2D eigenvalue weighted by Crippen LogP contribution is -2.46. The van der Waals surface area contributed by atoms with E-state index in [-0.39, 0.29) is 18.4 Å². The van der Waals surface area contributed by atoms with Crippen LogP contribution in [0.3, 0.4) is 0 Å². The number of hydrogen-bond donors (Lipinski definition) is 0. The molecular weight excluding hydrogens is 418 g/mol. The van der Waals surface area contributed by atoms with E-state index in [1.807, 2.05) is 48.5 Å². The summed E-state index contributed by atoms with van der Waals surface area (Å²) >= 11 is 0. The van der Waals surface area contributed by atoms with Crippen LogP contribution in [0.25, 0.3) is 5.57 Å². The highest BCUT2D eigenvalue weighted by atomic mass is 16.5. The molecule has 0 N–H and O–H groups in total. The molecule has 7 heteroatoms. The number of benzene rings is 2. The molecule has 2 aliphatic heterocycles. The molecule has 33 heavy (non-hydrogen) atoms. The fourth-order valence-electron chi connectivity index (χ4n) is 4.23. The highest BCUT2D eigenvalue weighted by Gasteiger charge is 2.42. The molecule has 4 rings (SSSR count). The van der Waals surface area contributed by atoms with Crippen molar-refractivity contribution in [3.05, 3.63) is 65.4 Å². The lowest BCUT2D eigenvalue weighted by Gasteiger charge is -2.34. The monoisotopic (exact) mass is 449 g/mol. The topological polar surface area (TPSA) is 62.3 Å². The van der Waals surface area contributed by atoms with E-state index in [1.54, 1.807) is 7.11 Å². The molecule has 0 radical (unpaired) electrons. The summed E-state index contributed by atoms with van der Waals surface area (Å²) in [5, 5.41) is 0. The van der Waals surface area contributed by atoms with Gasteiger partial charge in [0.2, 0.25) is 0 Å². The molecule has 0 bridgehead atoms. The second-order valence-electron chi connectivity index (χ2n) is 8.40. The number of hydrogen-bond acceptors (Lipinski definition) is 6. The first-order chi connectivity index (χ1) is 16.0. The van der Waals surface area contributed by atoms with Crippen LogP contribution in [0.5, 0.6) is 11.5 Å². The number of imide groups is 1. The van der Waals surface area contributed by atoms with Gasteiger partial charge in [0.25, 0.3) is 11.8 Å². The summed E-state index contributed by atoms with van der Waals surface area (Å²) in [6, 6.07) is 14.9. The van der Waals surface area contributed by atoms with Crippen molar-refractivity contribution < 1.29 is 19.1 Å². The van der Waals surface area contributed by atoms with Crippen LogP contribution in [0.2, 0.25) is 0 Å². The molecule has 0 unspecified atom stereocenters. The van der Waals surface area contributed by atoms with Crippen molar-refractivity contribution in [2.45, 2.75) is 19.9 Å². The number of nitrogens with zero attached hydrogens (tertiary/aromatic N) is 3. The lowest BCUT2D eigenvalue weighted by molar-refractivity contribution is -0.138. The molecule has 1 saturated heterocycles. The Morgan fingerprint density at radius 2 is 1.61 bits per heavy atom. The molecule has 2 aliphatic rings. The predicted octanol–water partition coefficient (Wildman–Crippen LogP) is 3.01. The summed E-state index contributed by atoms with van der Waals surface area (Å²) in [6.45, 7) is 5.95. The molecule has 7 nitrogen and oxygen atoms in total. The number of amides is 2. The van der Waals surface area contributed by atoms with E-state index in [4.69, 9.17) is 9.47 Å². The van der Waals surface area contributed by atoms with Crippen LogP contribution in [0.1, 0.15) is 24.5 Å². The van der Waals surface area contributed by atoms with Gasteiger partial charge in [-0.1, -0.05) is 37.3 Å². The van der Waals surface area contributed by atoms with E-state index in [1.165, 1.54) is 4.90 Å². The summed E-state index contributed by atoms with van der Waals surface area (Å²) in [5.41, 5.74) is 2.48. The number of rotatable bonds is 8. The summed E-state index contributed by atoms with van der Waals surface area (Å²) in [5.74, 6) is 0.883. The van der Waals surface area contributed by atoms with Gasteiger partial charge in [0.1, 0.15) is 17.2 Å². The number of carbonyl (C=O) groups is 2. The highest BCUT2D eigenvalue weighted by Crippen LogP contribution is 2.34. The maximum atomic E-state index is 13.6. The Morgan fingerprint density at radius 3 is 2.27 bits per heavy atom. The third kappa shape index (κ3) is 4.73. The molecule has 2 aromatic carbocycles. The predicted molar refractivity (Wildman–Crippen MR) is 127 cm³/mol. The highest BCUT2D eigenvalue weighted by molar-refractivity contribution is 6.35. The third-order valence-electron chi connectivity index (χ3n) is 6.10. The molecule has 0 atom stereocenters. The van der Waals surface area contributed by atoms with Gasteiger partial charge in [-0.25, -0.2) is 0 Å². The molecule has 2 amide bonds. The Labute approximate surface area is 195 Å². The first kappa shape index (κ1) is 22.9. The molecule has 0 aliphatic carbocycles. The second-order valence-corrected chi connectivity index (χ2v) is 8.40. The molecule has 0 aromatic heterocycles.